The van der Waals surface area contributed by atoms with E-state index in [2.05, 4.69) is 40.5 Å². The van der Waals surface area contributed by atoms with Crippen molar-refractivity contribution in [3.63, 3.8) is 0 Å². The Morgan fingerprint density at radius 1 is 1.37 bits per heavy atom. The SMILES string of the molecule is CSC1CCCC1NCc1cc(-c2cccs2)cs1. The van der Waals surface area contributed by atoms with Gasteiger partial charge in [-0.15, -0.1) is 22.7 Å². The zero-order chi connectivity index (χ0) is 13.1. The smallest absolute Gasteiger partial charge is 0.0351 e. The summed E-state index contributed by atoms with van der Waals surface area (Å²) in [7, 11) is 0. The molecule has 2 aromatic heterocycles. The highest BCUT2D eigenvalue weighted by molar-refractivity contribution is 7.99. The maximum Gasteiger partial charge on any atom is 0.0351 e. The van der Waals surface area contributed by atoms with Crippen LogP contribution < -0.4 is 5.32 Å². The van der Waals surface area contributed by atoms with Crippen LogP contribution in [0.2, 0.25) is 0 Å². The maximum atomic E-state index is 3.75. The first-order valence-electron chi connectivity index (χ1n) is 6.74. The van der Waals surface area contributed by atoms with Crippen LogP contribution in [0.1, 0.15) is 24.1 Å². The van der Waals surface area contributed by atoms with Gasteiger partial charge in [0, 0.05) is 33.2 Å². The molecule has 0 spiro atoms. The van der Waals surface area contributed by atoms with Crippen molar-refractivity contribution < 1.29 is 0 Å². The predicted octanol–water partition coefficient (Wildman–Crippen LogP) is 4.85. The molecule has 0 radical (unpaired) electrons. The Labute approximate surface area is 127 Å². The summed E-state index contributed by atoms with van der Waals surface area (Å²) >= 11 is 5.72. The van der Waals surface area contributed by atoms with Crippen LogP contribution in [0, 0.1) is 0 Å². The molecule has 1 nitrogen and oxygen atoms in total. The lowest BCUT2D eigenvalue weighted by atomic mass is 10.2. The minimum Gasteiger partial charge on any atom is -0.308 e. The molecular weight excluding hydrogens is 290 g/mol. The molecule has 2 unspecified atom stereocenters. The van der Waals surface area contributed by atoms with E-state index in [0.717, 1.165) is 11.8 Å². The summed E-state index contributed by atoms with van der Waals surface area (Å²) in [4.78, 5) is 2.83. The second kappa shape index (κ2) is 6.44. The number of rotatable bonds is 5. The van der Waals surface area contributed by atoms with E-state index in [9.17, 15) is 0 Å². The molecule has 0 bridgehead atoms. The molecule has 2 heterocycles. The standard InChI is InChI=1S/C15H19NS3/c1-17-15-5-2-4-13(15)16-9-12-8-11(10-19-12)14-6-3-7-18-14/h3,6-8,10,13,15-16H,2,4-5,9H2,1H3. The van der Waals surface area contributed by atoms with Crippen molar-refractivity contribution in [3.8, 4) is 10.4 Å². The molecule has 19 heavy (non-hydrogen) atoms. The van der Waals surface area contributed by atoms with Gasteiger partial charge in [0.1, 0.15) is 0 Å². The molecule has 3 rings (SSSR count). The summed E-state index contributed by atoms with van der Waals surface area (Å²) in [5, 5.41) is 8.99. The van der Waals surface area contributed by atoms with Gasteiger partial charge in [-0.2, -0.15) is 11.8 Å². The van der Waals surface area contributed by atoms with Crippen molar-refractivity contribution in [1.82, 2.24) is 5.32 Å². The van der Waals surface area contributed by atoms with Crippen LogP contribution >= 0.6 is 34.4 Å². The Kier molecular flexibility index (Phi) is 4.64. The topological polar surface area (TPSA) is 12.0 Å². The van der Waals surface area contributed by atoms with Crippen LogP contribution in [-0.4, -0.2) is 17.5 Å². The van der Waals surface area contributed by atoms with Crippen LogP contribution in [0.5, 0.6) is 0 Å². The third kappa shape index (κ3) is 3.24. The largest absolute Gasteiger partial charge is 0.308 e. The Balaban J connectivity index is 1.59. The molecule has 1 N–H and O–H groups in total. The minimum atomic E-state index is 0.710. The number of nitrogens with one attached hydrogen (secondary N) is 1. The molecule has 2 atom stereocenters. The van der Waals surface area contributed by atoms with E-state index < -0.39 is 0 Å². The molecule has 1 aliphatic rings. The third-order valence-corrected chi connectivity index (χ3v) is 6.78. The highest BCUT2D eigenvalue weighted by atomic mass is 32.2. The first kappa shape index (κ1) is 13.7. The molecule has 0 aliphatic heterocycles. The molecule has 0 amide bonds. The Morgan fingerprint density at radius 3 is 3.11 bits per heavy atom. The molecule has 1 aliphatic carbocycles. The molecule has 4 heteroatoms. The summed E-state index contributed by atoms with van der Waals surface area (Å²) in [6.07, 6.45) is 6.34. The van der Waals surface area contributed by atoms with Crippen molar-refractivity contribution in [3.05, 3.63) is 33.8 Å². The van der Waals surface area contributed by atoms with Crippen molar-refractivity contribution >= 4 is 34.4 Å². The quantitative estimate of drug-likeness (QED) is 0.847. The van der Waals surface area contributed by atoms with Crippen molar-refractivity contribution in [2.75, 3.05) is 6.26 Å². The zero-order valence-electron chi connectivity index (χ0n) is 11.1. The average Bonchev–Trinajstić information content (AvgIpc) is 3.16. The second-order valence-electron chi connectivity index (χ2n) is 4.97. The highest BCUT2D eigenvalue weighted by Crippen LogP contribution is 2.31. The van der Waals surface area contributed by atoms with Crippen molar-refractivity contribution in [1.29, 1.82) is 0 Å². The van der Waals surface area contributed by atoms with E-state index in [1.165, 1.54) is 34.6 Å². The monoisotopic (exact) mass is 309 g/mol. The molecule has 1 fully saturated rings. The normalized spacial score (nSPS) is 23.0. The first-order chi connectivity index (χ1) is 9.36. The summed E-state index contributed by atoms with van der Waals surface area (Å²) in [5.74, 6) is 0. The summed E-state index contributed by atoms with van der Waals surface area (Å²) in [6, 6.07) is 7.37. The highest BCUT2D eigenvalue weighted by Gasteiger charge is 2.25. The second-order valence-corrected chi connectivity index (χ2v) is 7.99. The van der Waals surface area contributed by atoms with E-state index in [1.54, 1.807) is 0 Å². The molecular formula is C15H19NS3. The lowest BCUT2D eigenvalue weighted by Crippen LogP contribution is -2.33. The van der Waals surface area contributed by atoms with Gasteiger partial charge in [-0.3, -0.25) is 0 Å². The maximum absolute atomic E-state index is 3.75. The zero-order valence-corrected chi connectivity index (χ0v) is 13.5. The fourth-order valence-electron chi connectivity index (χ4n) is 2.72. The van der Waals surface area contributed by atoms with Gasteiger partial charge in [0.25, 0.3) is 0 Å². The number of thiophene rings is 2. The van der Waals surface area contributed by atoms with Gasteiger partial charge in [-0.1, -0.05) is 12.5 Å². The van der Waals surface area contributed by atoms with Crippen LogP contribution in [-0.2, 0) is 6.54 Å². The van der Waals surface area contributed by atoms with Crippen LogP contribution in [0.4, 0.5) is 0 Å². The Bertz CT molecular complexity index is 503. The molecule has 0 saturated heterocycles. The molecule has 102 valence electrons. The lowest BCUT2D eigenvalue weighted by Gasteiger charge is -2.18. The van der Waals surface area contributed by atoms with Gasteiger partial charge in [0.2, 0.25) is 0 Å². The van der Waals surface area contributed by atoms with Gasteiger partial charge >= 0.3 is 0 Å². The van der Waals surface area contributed by atoms with Crippen LogP contribution in [0.3, 0.4) is 0 Å². The fraction of sp³-hybridized carbons (Fsp3) is 0.467. The van der Waals surface area contributed by atoms with E-state index >= 15 is 0 Å². The van der Waals surface area contributed by atoms with Gasteiger partial charge < -0.3 is 5.32 Å². The van der Waals surface area contributed by atoms with Crippen molar-refractivity contribution in [2.24, 2.45) is 0 Å². The Morgan fingerprint density at radius 2 is 2.32 bits per heavy atom. The predicted molar refractivity (Wildman–Crippen MR) is 89.4 cm³/mol. The van der Waals surface area contributed by atoms with Gasteiger partial charge in [-0.05, 0) is 42.0 Å². The summed E-state index contributed by atoms with van der Waals surface area (Å²) in [5.41, 5.74) is 1.38. The fourth-order valence-corrected chi connectivity index (χ4v) is 5.31. The van der Waals surface area contributed by atoms with Gasteiger partial charge in [-0.25, -0.2) is 0 Å². The Hall–Kier alpha value is -0.290. The molecule has 0 aromatic carbocycles. The molecule has 1 saturated carbocycles. The number of thioether (sulfide) groups is 1. The first-order valence-corrected chi connectivity index (χ1v) is 9.79. The van der Waals surface area contributed by atoms with E-state index in [-0.39, 0.29) is 0 Å². The number of hydrogen-bond donors (Lipinski definition) is 1. The van der Waals surface area contributed by atoms with E-state index in [4.69, 9.17) is 0 Å². The van der Waals surface area contributed by atoms with Crippen LogP contribution in [0.15, 0.2) is 29.0 Å². The van der Waals surface area contributed by atoms with E-state index in [1.807, 2.05) is 34.4 Å². The minimum absolute atomic E-state index is 0.710. The van der Waals surface area contributed by atoms with Crippen LogP contribution in [0.25, 0.3) is 10.4 Å². The lowest BCUT2D eigenvalue weighted by molar-refractivity contribution is 0.535. The number of hydrogen-bond acceptors (Lipinski definition) is 4. The van der Waals surface area contributed by atoms with Gasteiger partial charge in [0.15, 0.2) is 0 Å². The average molecular weight is 310 g/mol. The summed E-state index contributed by atoms with van der Waals surface area (Å²) in [6.45, 7) is 1.03. The van der Waals surface area contributed by atoms with E-state index in [0.29, 0.717) is 6.04 Å². The third-order valence-electron chi connectivity index (χ3n) is 3.75. The molecule has 2 aromatic rings. The van der Waals surface area contributed by atoms with Gasteiger partial charge in [0.05, 0.1) is 0 Å². The summed E-state index contributed by atoms with van der Waals surface area (Å²) < 4.78 is 0. The van der Waals surface area contributed by atoms with Crippen molar-refractivity contribution in [2.45, 2.75) is 37.1 Å².